The second-order valence-corrected chi connectivity index (χ2v) is 3.73. The molecule has 2 aromatic rings. The van der Waals surface area contributed by atoms with E-state index in [1.807, 2.05) is 0 Å². The molecule has 0 amide bonds. The van der Waals surface area contributed by atoms with Crippen LogP contribution < -0.4 is 5.43 Å². The van der Waals surface area contributed by atoms with Gasteiger partial charge < -0.3 is 5.11 Å². The molecule has 0 aliphatic heterocycles. The number of anilines is 1. The first-order chi connectivity index (χ1) is 9.16. The maximum absolute atomic E-state index is 10.8. The molecule has 0 heterocycles. The highest BCUT2D eigenvalue weighted by atomic mass is 16.6. The molecule has 2 N–H and O–H groups in total. The highest BCUT2D eigenvalue weighted by Crippen LogP contribution is 2.16. The van der Waals surface area contributed by atoms with E-state index in [1.54, 1.807) is 30.3 Å². The minimum atomic E-state index is -0.456. The second kappa shape index (κ2) is 5.63. The van der Waals surface area contributed by atoms with E-state index in [-0.39, 0.29) is 11.4 Å². The van der Waals surface area contributed by atoms with Crippen molar-refractivity contribution >= 4 is 17.6 Å². The van der Waals surface area contributed by atoms with Crippen molar-refractivity contribution in [1.82, 2.24) is 0 Å². The smallest absolute Gasteiger partial charge is 0.278 e. The van der Waals surface area contributed by atoms with Gasteiger partial charge in [0.05, 0.1) is 22.4 Å². The molecule has 0 bridgehead atoms. The number of nitro groups is 1. The van der Waals surface area contributed by atoms with Gasteiger partial charge >= 0.3 is 0 Å². The van der Waals surface area contributed by atoms with Crippen LogP contribution in [0, 0.1) is 10.1 Å². The Balaban J connectivity index is 2.11. The van der Waals surface area contributed by atoms with Crippen molar-refractivity contribution in [2.75, 3.05) is 5.43 Å². The summed E-state index contributed by atoms with van der Waals surface area (Å²) in [6.07, 6.45) is 1.38. The maximum Gasteiger partial charge on any atom is 0.278 e. The van der Waals surface area contributed by atoms with Gasteiger partial charge in [-0.05, 0) is 30.3 Å². The topological polar surface area (TPSA) is 87.8 Å². The van der Waals surface area contributed by atoms with Crippen LogP contribution in [0.4, 0.5) is 11.4 Å². The lowest BCUT2D eigenvalue weighted by atomic mass is 10.2. The van der Waals surface area contributed by atoms with Crippen LogP contribution in [0.25, 0.3) is 0 Å². The Morgan fingerprint density at radius 3 is 2.53 bits per heavy atom. The van der Waals surface area contributed by atoms with E-state index < -0.39 is 4.92 Å². The number of nitrogens with zero attached hydrogens (tertiary/aromatic N) is 2. The van der Waals surface area contributed by atoms with Crippen molar-refractivity contribution in [2.45, 2.75) is 0 Å². The fourth-order valence-electron chi connectivity index (χ4n) is 1.48. The third-order valence-electron chi connectivity index (χ3n) is 2.40. The number of hydrogen-bond acceptors (Lipinski definition) is 5. The molecule has 0 aliphatic rings. The van der Waals surface area contributed by atoms with Crippen molar-refractivity contribution in [1.29, 1.82) is 0 Å². The predicted molar refractivity (Wildman–Crippen MR) is 72.4 cm³/mol. The van der Waals surface area contributed by atoms with E-state index in [1.165, 1.54) is 24.4 Å². The van der Waals surface area contributed by atoms with Crippen LogP contribution in [0.1, 0.15) is 5.56 Å². The maximum atomic E-state index is 10.8. The van der Waals surface area contributed by atoms with Gasteiger partial charge in [-0.3, -0.25) is 15.5 Å². The van der Waals surface area contributed by atoms with E-state index >= 15 is 0 Å². The van der Waals surface area contributed by atoms with Crippen molar-refractivity contribution in [3.8, 4) is 5.75 Å². The van der Waals surface area contributed by atoms with Crippen molar-refractivity contribution in [2.24, 2.45) is 5.10 Å². The molecular formula is C13H11N3O3. The molecule has 0 atom stereocenters. The Morgan fingerprint density at radius 1 is 1.16 bits per heavy atom. The number of aromatic hydroxyl groups is 1. The quantitative estimate of drug-likeness (QED) is 0.381. The van der Waals surface area contributed by atoms with Crippen LogP contribution in [-0.2, 0) is 0 Å². The van der Waals surface area contributed by atoms with Crippen molar-refractivity contribution in [3.05, 3.63) is 64.2 Å². The third-order valence-corrected chi connectivity index (χ3v) is 2.40. The summed E-state index contributed by atoms with van der Waals surface area (Å²) < 4.78 is 0. The first kappa shape index (κ1) is 12.6. The largest absolute Gasteiger partial charge is 0.508 e. The summed E-state index contributed by atoms with van der Waals surface area (Å²) >= 11 is 0. The number of para-hydroxylation sites is 1. The number of hydrazone groups is 1. The summed E-state index contributed by atoms with van der Waals surface area (Å²) in [5.74, 6) is 0.160. The van der Waals surface area contributed by atoms with Crippen molar-refractivity contribution < 1.29 is 10.0 Å². The molecule has 19 heavy (non-hydrogen) atoms. The fourth-order valence-corrected chi connectivity index (χ4v) is 1.48. The molecule has 0 unspecified atom stereocenters. The molecule has 0 spiro atoms. The third kappa shape index (κ3) is 3.29. The van der Waals surface area contributed by atoms with Gasteiger partial charge in [-0.25, -0.2) is 0 Å². The normalized spacial score (nSPS) is 10.5. The molecule has 0 radical (unpaired) electrons. The summed E-state index contributed by atoms with van der Waals surface area (Å²) in [6.45, 7) is 0. The van der Waals surface area contributed by atoms with Crippen molar-refractivity contribution in [3.63, 3.8) is 0 Å². The lowest BCUT2D eigenvalue weighted by Gasteiger charge is -2.00. The zero-order valence-corrected chi connectivity index (χ0v) is 9.85. The average Bonchev–Trinajstić information content (AvgIpc) is 2.41. The molecule has 6 nitrogen and oxygen atoms in total. The Hall–Kier alpha value is -2.89. The van der Waals surface area contributed by atoms with Crippen LogP contribution in [-0.4, -0.2) is 16.2 Å². The van der Waals surface area contributed by atoms with Gasteiger partial charge in [-0.15, -0.1) is 0 Å². The summed E-state index contributed by atoms with van der Waals surface area (Å²) in [7, 11) is 0. The van der Waals surface area contributed by atoms with E-state index in [4.69, 9.17) is 5.11 Å². The molecule has 6 heteroatoms. The number of benzene rings is 2. The zero-order valence-electron chi connectivity index (χ0n) is 9.85. The number of rotatable bonds is 4. The van der Waals surface area contributed by atoms with E-state index in [9.17, 15) is 10.1 Å². The van der Waals surface area contributed by atoms with Gasteiger partial charge in [0.25, 0.3) is 5.69 Å². The number of phenols is 1. The Labute approximate surface area is 109 Å². The van der Waals surface area contributed by atoms with Gasteiger partial charge in [-0.2, -0.15) is 5.10 Å². The molecular weight excluding hydrogens is 246 g/mol. The van der Waals surface area contributed by atoms with Crippen LogP contribution in [0.15, 0.2) is 53.6 Å². The zero-order chi connectivity index (χ0) is 13.7. The highest BCUT2D eigenvalue weighted by Gasteiger charge is 2.09. The van der Waals surface area contributed by atoms with Gasteiger partial charge in [0, 0.05) is 6.07 Å². The monoisotopic (exact) mass is 257 g/mol. The Morgan fingerprint density at radius 2 is 1.84 bits per heavy atom. The molecule has 2 rings (SSSR count). The predicted octanol–water partition coefficient (Wildman–Crippen LogP) is 2.75. The van der Waals surface area contributed by atoms with Crippen LogP contribution in [0.2, 0.25) is 0 Å². The van der Waals surface area contributed by atoms with Gasteiger partial charge in [0.15, 0.2) is 0 Å². The molecule has 0 aromatic heterocycles. The minimum Gasteiger partial charge on any atom is -0.508 e. The summed E-state index contributed by atoms with van der Waals surface area (Å²) in [5.41, 5.74) is 3.81. The van der Waals surface area contributed by atoms with Gasteiger partial charge in [0.1, 0.15) is 5.75 Å². The van der Waals surface area contributed by atoms with Gasteiger partial charge in [0.2, 0.25) is 0 Å². The summed E-state index contributed by atoms with van der Waals surface area (Å²) in [5, 5.41) is 23.8. The van der Waals surface area contributed by atoms with Crippen LogP contribution >= 0.6 is 0 Å². The summed E-state index contributed by atoms with van der Waals surface area (Å²) in [4.78, 5) is 10.3. The summed E-state index contributed by atoms with van der Waals surface area (Å²) in [6, 6.07) is 12.7. The molecule has 0 aliphatic carbocycles. The van der Waals surface area contributed by atoms with Crippen LogP contribution in [0.5, 0.6) is 5.75 Å². The van der Waals surface area contributed by atoms with E-state index in [0.717, 1.165) is 0 Å². The van der Waals surface area contributed by atoms with Crippen LogP contribution in [0.3, 0.4) is 0 Å². The van der Waals surface area contributed by atoms with Gasteiger partial charge in [-0.1, -0.05) is 12.1 Å². The second-order valence-electron chi connectivity index (χ2n) is 3.73. The standard InChI is InChI=1S/C13H11N3O3/c17-12-7-5-11(6-8-12)15-14-9-10-3-1-2-4-13(10)16(18)19/h1-9,15,17H/b14-9+. The number of hydrogen-bond donors (Lipinski definition) is 2. The minimum absolute atomic E-state index is 0.00115. The average molecular weight is 257 g/mol. The SMILES string of the molecule is O=[N+]([O-])c1ccccc1/C=N/Nc1ccc(O)cc1. The van der Waals surface area contributed by atoms with E-state index in [0.29, 0.717) is 11.3 Å². The molecule has 0 fully saturated rings. The molecule has 0 saturated carbocycles. The molecule has 0 saturated heterocycles. The number of phenolic OH excluding ortho intramolecular Hbond substituents is 1. The van der Waals surface area contributed by atoms with E-state index in [2.05, 4.69) is 10.5 Å². The number of nitro benzene ring substituents is 1. The fraction of sp³-hybridized carbons (Fsp3) is 0. The first-order valence-corrected chi connectivity index (χ1v) is 5.48. The first-order valence-electron chi connectivity index (χ1n) is 5.48. The lowest BCUT2D eigenvalue weighted by Crippen LogP contribution is -1.96. The number of nitrogens with one attached hydrogen (secondary N) is 1. The molecule has 2 aromatic carbocycles. The molecule has 96 valence electrons. The lowest BCUT2D eigenvalue weighted by molar-refractivity contribution is -0.385. The Kier molecular flexibility index (Phi) is 3.72. The highest BCUT2D eigenvalue weighted by molar-refractivity contribution is 5.85. The Bertz CT molecular complexity index is 609.